The molecule has 1 aromatic rings. The Balaban J connectivity index is 1.31. The molecule has 5 heteroatoms. The lowest BCUT2D eigenvalue weighted by atomic mass is 9.54. The van der Waals surface area contributed by atoms with E-state index in [0.717, 1.165) is 11.8 Å². The molecule has 5 rings (SSSR count). The Bertz CT molecular complexity index is 660. The summed E-state index contributed by atoms with van der Waals surface area (Å²) in [7, 11) is 0. The second kappa shape index (κ2) is 7.29. The van der Waals surface area contributed by atoms with Gasteiger partial charge in [0.25, 0.3) is 5.91 Å². The summed E-state index contributed by atoms with van der Waals surface area (Å²) in [4.78, 5) is 24.8. The molecule has 4 fully saturated rings. The molecule has 0 radical (unpaired) electrons. The van der Waals surface area contributed by atoms with Gasteiger partial charge < -0.3 is 15.4 Å². The minimum absolute atomic E-state index is 0.0160. The third-order valence-corrected chi connectivity index (χ3v) is 6.40. The molecule has 0 heterocycles. The van der Waals surface area contributed by atoms with E-state index in [0.29, 0.717) is 35.8 Å². The van der Waals surface area contributed by atoms with Crippen LogP contribution >= 0.6 is 0 Å². The Labute approximate surface area is 154 Å². The number of amides is 2. The SMILES string of the molecule is CCOc1ccccc1C(=O)NCC(=O)NC1C2CC3CC(C2)CC1C3. The van der Waals surface area contributed by atoms with E-state index >= 15 is 0 Å². The number of para-hydroxylation sites is 1. The van der Waals surface area contributed by atoms with E-state index in [2.05, 4.69) is 10.6 Å². The van der Waals surface area contributed by atoms with Crippen LogP contribution in [-0.2, 0) is 4.79 Å². The van der Waals surface area contributed by atoms with Gasteiger partial charge in [-0.2, -0.15) is 0 Å². The van der Waals surface area contributed by atoms with Crippen molar-refractivity contribution in [1.29, 1.82) is 0 Å². The van der Waals surface area contributed by atoms with Crippen LogP contribution in [0.4, 0.5) is 0 Å². The van der Waals surface area contributed by atoms with Gasteiger partial charge in [0.1, 0.15) is 5.75 Å². The molecule has 0 saturated heterocycles. The first-order valence-electron chi connectivity index (χ1n) is 9.93. The zero-order valence-electron chi connectivity index (χ0n) is 15.4. The van der Waals surface area contributed by atoms with Gasteiger partial charge in [0.2, 0.25) is 5.91 Å². The molecular weight excluding hydrogens is 328 g/mol. The van der Waals surface area contributed by atoms with Crippen LogP contribution in [0.1, 0.15) is 49.4 Å². The number of hydrogen-bond acceptors (Lipinski definition) is 3. The maximum atomic E-state index is 12.4. The van der Waals surface area contributed by atoms with Crippen molar-refractivity contribution in [3.8, 4) is 5.75 Å². The van der Waals surface area contributed by atoms with Gasteiger partial charge in [-0.15, -0.1) is 0 Å². The van der Waals surface area contributed by atoms with Gasteiger partial charge in [-0.1, -0.05) is 12.1 Å². The predicted molar refractivity (Wildman–Crippen MR) is 98.9 cm³/mol. The van der Waals surface area contributed by atoms with Crippen molar-refractivity contribution in [2.24, 2.45) is 23.7 Å². The fourth-order valence-electron chi connectivity index (χ4n) is 5.59. The normalized spacial score (nSPS) is 31.5. The molecule has 1 aromatic carbocycles. The first-order chi connectivity index (χ1) is 12.6. The Hall–Kier alpha value is -2.04. The summed E-state index contributed by atoms with van der Waals surface area (Å²) in [6.45, 7) is 2.40. The zero-order chi connectivity index (χ0) is 18.1. The van der Waals surface area contributed by atoms with Crippen LogP contribution in [0.5, 0.6) is 5.75 Å². The third-order valence-electron chi connectivity index (χ3n) is 6.40. The van der Waals surface area contributed by atoms with E-state index in [-0.39, 0.29) is 18.4 Å². The standard InChI is InChI=1S/C21H28N2O3/c1-2-26-18-6-4-3-5-17(18)21(25)22-12-19(24)23-20-15-8-13-7-14(10-15)11-16(20)9-13/h3-6,13-16,20H,2,7-12H2,1H3,(H,22,25)(H,23,24). The van der Waals surface area contributed by atoms with Crippen LogP contribution in [0.15, 0.2) is 24.3 Å². The Morgan fingerprint density at radius 3 is 2.35 bits per heavy atom. The number of nitrogens with one attached hydrogen (secondary N) is 2. The smallest absolute Gasteiger partial charge is 0.255 e. The molecule has 2 amide bonds. The molecule has 0 aliphatic heterocycles. The number of carbonyl (C=O) groups excluding carboxylic acids is 2. The highest BCUT2D eigenvalue weighted by Crippen LogP contribution is 2.53. The predicted octanol–water partition coefficient (Wildman–Crippen LogP) is 2.76. The van der Waals surface area contributed by atoms with Crippen LogP contribution in [0.3, 0.4) is 0 Å². The summed E-state index contributed by atoms with van der Waals surface area (Å²) < 4.78 is 5.49. The van der Waals surface area contributed by atoms with E-state index in [1.54, 1.807) is 18.2 Å². The summed E-state index contributed by atoms with van der Waals surface area (Å²) in [6.07, 6.45) is 6.49. The Kier molecular flexibility index (Phi) is 4.88. The van der Waals surface area contributed by atoms with Gasteiger partial charge in [-0.05, 0) is 74.8 Å². The van der Waals surface area contributed by atoms with E-state index in [9.17, 15) is 9.59 Å². The van der Waals surface area contributed by atoms with Crippen LogP contribution in [0.25, 0.3) is 0 Å². The van der Waals surface area contributed by atoms with E-state index in [1.165, 1.54) is 32.1 Å². The molecule has 4 aliphatic carbocycles. The van der Waals surface area contributed by atoms with Crippen LogP contribution in [0, 0.1) is 23.7 Å². The average Bonchev–Trinajstić information content (AvgIpc) is 2.63. The van der Waals surface area contributed by atoms with Crippen molar-refractivity contribution in [3.05, 3.63) is 29.8 Å². The lowest BCUT2D eigenvalue weighted by Crippen LogP contribution is -2.57. The Morgan fingerprint density at radius 2 is 1.69 bits per heavy atom. The van der Waals surface area contributed by atoms with Crippen molar-refractivity contribution in [3.63, 3.8) is 0 Å². The number of carbonyl (C=O) groups is 2. The van der Waals surface area contributed by atoms with E-state index in [1.807, 2.05) is 13.0 Å². The van der Waals surface area contributed by atoms with Crippen molar-refractivity contribution in [2.75, 3.05) is 13.2 Å². The lowest BCUT2D eigenvalue weighted by molar-refractivity contribution is -0.124. The minimum Gasteiger partial charge on any atom is -0.493 e. The van der Waals surface area contributed by atoms with Gasteiger partial charge in [0.15, 0.2) is 0 Å². The molecule has 4 aliphatic rings. The number of ether oxygens (including phenoxy) is 1. The topological polar surface area (TPSA) is 67.4 Å². The molecule has 0 unspecified atom stereocenters. The number of benzene rings is 1. The number of rotatable bonds is 6. The lowest BCUT2D eigenvalue weighted by Gasteiger charge is -2.54. The summed E-state index contributed by atoms with van der Waals surface area (Å²) in [5.74, 6) is 3.27. The van der Waals surface area contributed by atoms with Crippen LogP contribution in [-0.4, -0.2) is 31.0 Å². The van der Waals surface area contributed by atoms with E-state index < -0.39 is 0 Å². The number of hydrogen-bond donors (Lipinski definition) is 2. The second-order valence-corrected chi connectivity index (χ2v) is 8.14. The molecule has 5 nitrogen and oxygen atoms in total. The average molecular weight is 356 g/mol. The maximum Gasteiger partial charge on any atom is 0.255 e. The molecule has 0 spiro atoms. The van der Waals surface area contributed by atoms with Crippen molar-refractivity contribution >= 4 is 11.8 Å². The summed E-state index contributed by atoms with van der Waals surface area (Å²) in [5, 5.41) is 5.96. The fraction of sp³-hybridized carbons (Fsp3) is 0.619. The molecule has 2 N–H and O–H groups in total. The van der Waals surface area contributed by atoms with Crippen LogP contribution in [0.2, 0.25) is 0 Å². The van der Waals surface area contributed by atoms with Crippen molar-refractivity contribution < 1.29 is 14.3 Å². The summed E-state index contributed by atoms with van der Waals surface area (Å²) >= 11 is 0. The summed E-state index contributed by atoms with van der Waals surface area (Å²) in [6, 6.07) is 7.43. The van der Waals surface area contributed by atoms with Gasteiger partial charge in [0.05, 0.1) is 18.7 Å². The van der Waals surface area contributed by atoms with Crippen molar-refractivity contribution in [1.82, 2.24) is 10.6 Å². The molecule has 4 bridgehead atoms. The first kappa shape index (κ1) is 17.4. The molecule has 4 saturated carbocycles. The molecule has 26 heavy (non-hydrogen) atoms. The first-order valence-corrected chi connectivity index (χ1v) is 9.93. The zero-order valence-corrected chi connectivity index (χ0v) is 15.4. The molecule has 0 atom stereocenters. The van der Waals surface area contributed by atoms with Gasteiger partial charge in [-0.25, -0.2) is 0 Å². The summed E-state index contributed by atoms with van der Waals surface area (Å²) in [5.41, 5.74) is 0.469. The van der Waals surface area contributed by atoms with Crippen LogP contribution < -0.4 is 15.4 Å². The Morgan fingerprint density at radius 1 is 1.04 bits per heavy atom. The van der Waals surface area contributed by atoms with E-state index in [4.69, 9.17) is 4.74 Å². The highest BCUT2D eigenvalue weighted by molar-refractivity contribution is 5.98. The second-order valence-electron chi connectivity index (χ2n) is 8.14. The third kappa shape index (κ3) is 3.44. The molecule has 140 valence electrons. The molecular formula is C21H28N2O3. The monoisotopic (exact) mass is 356 g/mol. The fourth-order valence-corrected chi connectivity index (χ4v) is 5.59. The minimum atomic E-state index is -0.269. The highest BCUT2D eigenvalue weighted by Gasteiger charge is 2.48. The van der Waals surface area contributed by atoms with Gasteiger partial charge in [0, 0.05) is 6.04 Å². The highest BCUT2D eigenvalue weighted by atomic mass is 16.5. The van der Waals surface area contributed by atoms with Gasteiger partial charge in [-0.3, -0.25) is 9.59 Å². The largest absolute Gasteiger partial charge is 0.493 e. The van der Waals surface area contributed by atoms with Crippen molar-refractivity contribution in [2.45, 2.75) is 45.1 Å². The quantitative estimate of drug-likeness (QED) is 0.824. The maximum absolute atomic E-state index is 12.4. The molecule has 0 aromatic heterocycles. The van der Waals surface area contributed by atoms with Gasteiger partial charge >= 0.3 is 0 Å².